The molecule has 0 fully saturated rings. The molecule has 1 aromatic carbocycles. The highest BCUT2D eigenvalue weighted by Gasteiger charge is 2.18. The molecule has 0 saturated heterocycles. The molecule has 1 unspecified atom stereocenters. The average molecular weight is 179 g/mol. The van der Waals surface area contributed by atoms with E-state index < -0.39 is 6.17 Å². The largest absolute Gasteiger partial charge is 0.327 e. The predicted molar refractivity (Wildman–Crippen MR) is 51.4 cm³/mol. The van der Waals surface area contributed by atoms with Crippen LogP contribution in [-0.4, -0.2) is 6.54 Å². The molecule has 0 amide bonds. The fourth-order valence-electron chi connectivity index (χ4n) is 2.07. The second-order valence-electron chi connectivity index (χ2n) is 3.54. The van der Waals surface area contributed by atoms with Crippen molar-refractivity contribution >= 4 is 0 Å². The van der Waals surface area contributed by atoms with Gasteiger partial charge in [-0.3, -0.25) is 0 Å². The Balaban J connectivity index is 2.41. The van der Waals surface area contributed by atoms with Gasteiger partial charge in [-0.2, -0.15) is 0 Å². The molecular formula is C11H14FN. The molecule has 2 heteroatoms. The van der Waals surface area contributed by atoms with Crippen molar-refractivity contribution in [3.63, 3.8) is 0 Å². The summed E-state index contributed by atoms with van der Waals surface area (Å²) in [5.41, 5.74) is 8.66. The minimum absolute atomic E-state index is 0.0937. The van der Waals surface area contributed by atoms with Gasteiger partial charge in [-0.05, 0) is 36.0 Å². The standard InChI is InChI=1S/C11H14FN/c12-11(7-13)10-6-2-4-8-3-1-5-9(8)10/h2,4,6,11H,1,3,5,7,13H2. The van der Waals surface area contributed by atoms with Crippen LogP contribution in [0.25, 0.3) is 0 Å². The monoisotopic (exact) mass is 179 g/mol. The van der Waals surface area contributed by atoms with Crippen LogP contribution >= 0.6 is 0 Å². The maximum atomic E-state index is 13.4. The van der Waals surface area contributed by atoms with Crippen molar-refractivity contribution in [1.82, 2.24) is 0 Å². The number of nitrogens with two attached hydrogens (primary N) is 1. The molecule has 0 spiro atoms. The van der Waals surface area contributed by atoms with E-state index in [1.165, 1.54) is 11.1 Å². The Morgan fingerprint density at radius 1 is 1.38 bits per heavy atom. The molecule has 0 saturated carbocycles. The Hall–Kier alpha value is -0.890. The molecule has 0 aliphatic heterocycles. The number of hydrogen-bond donors (Lipinski definition) is 1. The zero-order valence-corrected chi connectivity index (χ0v) is 7.59. The molecule has 0 heterocycles. The Morgan fingerprint density at radius 2 is 2.23 bits per heavy atom. The van der Waals surface area contributed by atoms with Gasteiger partial charge in [-0.1, -0.05) is 18.2 Å². The van der Waals surface area contributed by atoms with Gasteiger partial charge in [0.15, 0.2) is 0 Å². The maximum absolute atomic E-state index is 13.4. The lowest BCUT2D eigenvalue weighted by atomic mass is 10.00. The highest BCUT2D eigenvalue weighted by Crippen LogP contribution is 2.30. The van der Waals surface area contributed by atoms with Gasteiger partial charge in [0.25, 0.3) is 0 Å². The quantitative estimate of drug-likeness (QED) is 0.739. The fraction of sp³-hybridized carbons (Fsp3) is 0.455. The van der Waals surface area contributed by atoms with Crippen LogP contribution in [0.2, 0.25) is 0 Å². The molecule has 1 aromatic rings. The lowest BCUT2D eigenvalue weighted by Gasteiger charge is -2.10. The first-order valence-electron chi connectivity index (χ1n) is 4.77. The summed E-state index contributed by atoms with van der Waals surface area (Å²) in [6.45, 7) is 0.0937. The van der Waals surface area contributed by atoms with E-state index in [0.29, 0.717) is 0 Å². The molecule has 70 valence electrons. The summed E-state index contributed by atoms with van der Waals surface area (Å²) in [6, 6.07) is 5.89. The SMILES string of the molecule is NCC(F)c1cccc2c1CCC2. The molecule has 1 nitrogen and oxygen atoms in total. The summed E-state index contributed by atoms with van der Waals surface area (Å²) in [6.07, 6.45) is 2.30. The molecule has 2 rings (SSSR count). The normalized spacial score (nSPS) is 17.1. The number of hydrogen-bond acceptors (Lipinski definition) is 1. The topological polar surface area (TPSA) is 26.0 Å². The maximum Gasteiger partial charge on any atom is 0.138 e. The Bertz CT molecular complexity index is 309. The number of fused-ring (bicyclic) bond motifs is 1. The fourth-order valence-corrected chi connectivity index (χ4v) is 2.07. The third-order valence-electron chi connectivity index (χ3n) is 2.73. The summed E-state index contributed by atoms with van der Waals surface area (Å²) in [7, 11) is 0. The second-order valence-corrected chi connectivity index (χ2v) is 3.54. The van der Waals surface area contributed by atoms with Crippen molar-refractivity contribution in [3.05, 3.63) is 34.9 Å². The number of halogens is 1. The Labute approximate surface area is 77.8 Å². The molecule has 2 N–H and O–H groups in total. The summed E-state index contributed by atoms with van der Waals surface area (Å²) in [5, 5.41) is 0. The minimum atomic E-state index is -0.979. The first-order chi connectivity index (χ1) is 6.33. The molecule has 0 radical (unpaired) electrons. The lowest BCUT2D eigenvalue weighted by molar-refractivity contribution is 0.351. The summed E-state index contributed by atoms with van der Waals surface area (Å²) < 4.78 is 13.4. The predicted octanol–water partition coefficient (Wildman–Crippen LogP) is 2.14. The number of alkyl halides is 1. The molecule has 0 bridgehead atoms. The van der Waals surface area contributed by atoms with Crippen molar-refractivity contribution in [2.24, 2.45) is 5.73 Å². The molecule has 0 aromatic heterocycles. The Kier molecular flexibility index (Phi) is 2.32. The zero-order valence-electron chi connectivity index (χ0n) is 7.59. The van der Waals surface area contributed by atoms with E-state index in [4.69, 9.17) is 5.73 Å². The van der Waals surface area contributed by atoms with Gasteiger partial charge in [-0.15, -0.1) is 0 Å². The van der Waals surface area contributed by atoms with Gasteiger partial charge in [0.05, 0.1) is 0 Å². The van der Waals surface area contributed by atoms with Crippen molar-refractivity contribution in [3.8, 4) is 0 Å². The zero-order chi connectivity index (χ0) is 9.26. The van der Waals surface area contributed by atoms with Crippen molar-refractivity contribution in [2.45, 2.75) is 25.4 Å². The summed E-state index contributed by atoms with van der Waals surface area (Å²) in [5.74, 6) is 0. The molecular weight excluding hydrogens is 165 g/mol. The van der Waals surface area contributed by atoms with Gasteiger partial charge in [0.1, 0.15) is 6.17 Å². The summed E-state index contributed by atoms with van der Waals surface area (Å²) in [4.78, 5) is 0. The van der Waals surface area contributed by atoms with E-state index in [-0.39, 0.29) is 6.54 Å². The Morgan fingerprint density at radius 3 is 3.00 bits per heavy atom. The van der Waals surface area contributed by atoms with Gasteiger partial charge in [0.2, 0.25) is 0 Å². The van der Waals surface area contributed by atoms with Crippen LogP contribution in [0.1, 0.15) is 29.3 Å². The molecule has 1 aliphatic rings. The van der Waals surface area contributed by atoms with E-state index in [2.05, 4.69) is 6.07 Å². The van der Waals surface area contributed by atoms with E-state index >= 15 is 0 Å². The lowest BCUT2D eigenvalue weighted by Crippen LogP contribution is -2.09. The third-order valence-corrected chi connectivity index (χ3v) is 2.73. The molecule has 1 atom stereocenters. The smallest absolute Gasteiger partial charge is 0.138 e. The highest BCUT2D eigenvalue weighted by molar-refractivity contribution is 5.39. The number of rotatable bonds is 2. The van der Waals surface area contributed by atoms with Crippen molar-refractivity contribution < 1.29 is 4.39 Å². The molecule has 1 aliphatic carbocycles. The van der Waals surface area contributed by atoms with Crippen LogP contribution in [0.15, 0.2) is 18.2 Å². The highest BCUT2D eigenvalue weighted by atomic mass is 19.1. The van der Waals surface area contributed by atoms with Crippen LogP contribution < -0.4 is 5.73 Å². The van der Waals surface area contributed by atoms with Crippen molar-refractivity contribution in [1.29, 1.82) is 0 Å². The van der Waals surface area contributed by atoms with Crippen molar-refractivity contribution in [2.75, 3.05) is 6.54 Å². The van der Waals surface area contributed by atoms with Crippen LogP contribution in [-0.2, 0) is 12.8 Å². The van der Waals surface area contributed by atoms with E-state index in [1.807, 2.05) is 12.1 Å². The van der Waals surface area contributed by atoms with Gasteiger partial charge in [-0.25, -0.2) is 4.39 Å². The third kappa shape index (κ3) is 1.46. The second kappa shape index (κ2) is 3.46. The van der Waals surface area contributed by atoms with E-state index in [1.54, 1.807) is 0 Å². The van der Waals surface area contributed by atoms with E-state index in [0.717, 1.165) is 24.8 Å². The first-order valence-corrected chi connectivity index (χ1v) is 4.77. The number of aryl methyl sites for hydroxylation is 1. The summed E-state index contributed by atoms with van der Waals surface area (Å²) >= 11 is 0. The number of benzene rings is 1. The molecule has 13 heavy (non-hydrogen) atoms. The van der Waals surface area contributed by atoms with Crippen LogP contribution in [0.5, 0.6) is 0 Å². The first kappa shape index (κ1) is 8.70. The van der Waals surface area contributed by atoms with E-state index in [9.17, 15) is 4.39 Å². The van der Waals surface area contributed by atoms with Gasteiger partial charge < -0.3 is 5.73 Å². The average Bonchev–Trinajstić information content (AvgIpc) is 2.63. The van der Waals surface area contributed by atoms with Crippen LogP contribution in [0.4, 0.5) is 4.39 Å². The van der Waals surface area contributed by atoms with Crippen LogP contribution in [0, 0.1) is 0 Å². The minimum Gasteiger partial charge on any atom is -0.327 e. The van der Waals surface area contributed by atoms with Gasteiger partial charge in [0, 0.05) is 6.54 Å². The van der Waals surface area contributed by atoms with Gasteiger partial charge >= 0.3 is 0 Å². The van der Waals surface area contributed by atoms with Crippen LogP contribution in [0.3, 0.4) is 0 Å².